The fraction of sp³-hybridized carbons (Fsp3) is 0.273. The molecule has 0 N–H and O–H groups in total. The molecule has 0 aromatic heterocycles. The molecule has 4 heteroatoms. The van der Waals surface area contributed by atoms with Gasteiger partial charge in [0, 0.05) is 0 Å². The van der Waals surface area contributed by atoms with Gasteiger partial charge in [-0.05, 0) is 30.7 Å². The Labute approximate surface area is 86.2 Å². The Hall–Kier alpha value is -1.45. The summed E-state index contributed by atoms with van der Waals surface area (Å²) in [6, 6.07) is 4.78. The van der Waals surface area contributed by atoms with E-state index in [9.17, 15) is 13.2 Å². The molecule has 0 heterocycles. The van der Waals surface area contributed by atoms with E-state index in [1.165, 1.54) is 18.4 Å². The third kappa shape index (κ3) is 3.65. The molecule has 1 aromatic rings. The third-order valence-corrected chi connectivity index (χ3v) is 1.70. The number of alkyl halides is 3. The zero-order chi connectivity index (χ0) is 11.3. The molecule has 0 radical (unpaired) electrons. The van der Waals surface area contributed by atoms with Gasteiger partial charge < -0.3 is 4.74 Å². The third-order valence-electron chi connectivity index (χ3n) is 1.70. The highest BCUT2D eigenvalue weighted by Crippen LogP contribution is 2.31. The molecule has 0 spiro atoms. The van der Waals surface area contributed by atoms with Crippen LogP contribution in [0.1, 0.15) is 18.9 Å². The van der Waals surface area contributed by atoms with E-state index in [0.717, 1.165) is 18.6 Å². The summed E-state index contributed by atoms with van der Waals surface area (Å²) in [6.07, 6.45) is -0.442. The molecule has 0 aliphatic rings. The van der Waals surface area contributed by atoms with E-state index in [1.807, 2.05) is 6.92 Å². The van der Waals surface area contributed by atoms with Crippen molar-refractivity contribution in [2.24, 2.45) is 0 Å². The monoisotopic (exact) mass is 216 g/mol. The number of hydrogen-bond acceptors (Lipinski definition) is 1. The first-order valence-electron chi connectivity index (χ1n) is 4.53. The summed E-state index contributed by atoms with van der Waals surface area (Å²) in [5.74, 6) is 0.189. The number of allylic oxidation sites excluding steroid dienone is 1. The molecular formula is C11H11F3O. The number of benzene rings is 1. The highest BCUT2D eigenvalue weighted by atomic mass is 19.4. The van der Waals surface area contributed by atoms with Crippen LogP contribution in [0.3, 0.4) is 0 Å². The molecule has 0 unspecified atom stereocenters. The summed E-state index contributed by atoms with van der Waals surface area (Å²) < 4.78 is 41.8. The van der Waals surface area contributed by atoms with Crippen molar-refractivity contribution < 1.29 is 17.9 Å². The second-order valence-electron chi connectivity index (χ2n) is 2.92. The molecule has 15 heavy (non-hydrogen) atoms. The van der Waals surface area contributed by atoms with Gasteiger partial charge in [-0.25, -0.2) is 0 Å². The largest absolute Gasteiger partial charge is 0.465 e. The minimum absolute atomic E-state index is 0.189. The van der Waals surface area contributed by atoms with Crippen LogP contribution in [0.4, 0.5) is 13.2 Å². The molecule has 1 rings (SSSR count). The summed E-state index contributed by atoms with van der Waals surface area (Å²) in [6.45, 7) is 1.91. The van der Waals surface area contributed by atoms with Crippen LogP contribution in [0, 0.1) is 0 Å². The van der Waals surface area contributed by atoms with Crippen molar-refractivity contribution in [3.63, 3.8) is 0 Å². The fourth-order valence-corrected chi connectivity index (χ4v) is 0.969. The maximum atomic E-state index is 12.3. The smallest absolute Gasteiger partial charge is 0.416 e. The number of ether oxygens (including phenoxy) is 1. The number of hydrogen-bond donors (Lipinski definition) is 0. The van der Waals surface area contributed by atoms with Gasteiger partial charge in [0.1, 0.15) is 5.75 Å². The van der Waals surface area contributed by atoms with E-state index >= 15 is 0 Å². The molecule has 0 atom stereocenters. The van der Waals surface area contributed by atoms with Crippen molar-refractivity contribution in [2.75, 3.05) is 0 Å². The Morgan fingerprint density at radius 3 is 2.67 bits per heavy atom. The molecule has 0 saturated carbocycles. The molecule has 0 aliphatic carbocycles. The lowest BCUT2D eigenvalue weighted by atomic mass is 10.2. The maximum Gasteiger partial charge on any atom is 0.416 e. The molecule has 1 nitrogen and oxygen atoms in total. The summed E-state index contributed by atoms with van der Waals surface area (Å²) in [5.41, 5.74) is -0.704. The van der Waals surface area contributed by atoms with Crippen LogP contribution in [0.2, 0.25) is 0 Å². The molecule has 0 amide bonds. The molecule has 82 valence electrons. The van der Waals surface area contributed by atoms with Crippen molar-refractivity contribution in [3.05, 3.63) is 42.2 Å². The van der Waals surface area contributed by atoms with Crippen LogP contribution in [0.15, 0.2) is 36.6 Å². The summed E-state index contributed by atoms with van der Waals surface area (Å²) >= 11 is 0. The van der Waals surface area contributed by atoms with Gasteiger partial charge in [-0.2, -0.15) is 13.2 Å². The van der Waals surface area contributed by atoms with Gasteiger partial charge in [-0.3, -0.25) is 0 Å². The Morgan fingerprint density at radius 1 is 1.33 bits per heavy atom. The van der Waals surface area contributed by atoms with Crippen LogP contribution in [0.25, 0.3) is 0 Å². The second kappa shape index (κ2) is 4.87. The van der Waals surface area contributed by atoms with Crippen LogP contribution in [-0.2, 0) is 6.18 Å². The van der Waals surface area contributed by atoms with E-state index in [0.29, 0.717) is 0 Å². The highest BCUT2D eigenvalue weighted by Gasteiger charge is 2.30. The van der Waals surface area contributed by atoms with Gasteiger partial charge >= 0.3 is 6.18 Å². The minimum atomic E-state index is -4.33. The molecular weight excluding hydrogens is 205 g/mol. The molecule has 1 aromatic carbocycles. The zero-order valence-electron chi connectivity index (χ0n) is 8.21. The molecule has 0 fully saturated rings. The summed E-state index contributed by atoms with van der Waals surface area (Å²) in [5, 5.41) is 0. The van der Waals surface area contributed by atoms with Crippen LogP contribution >= 0.6 is 0 Å². The zero-order valence-corrected chi connectivity index (χ0v) is 8.21. The Morgan fingerprint density at radius 2 is 2.07 bits per heavy atom. The van der Waals surface area contributed by atoms with Crippen LogP contribution in [0.5, 0.6) is 5.75 Å². The lowest BCUT2D eigenvalue weighted by molar-refractivity contribution is -0.137. The van der Waals surface area contributed by atoms with Gasteiger partial charge in [0.25, 0.3) is 0 Å². The van der Waals surface area contributed by atoms with Crippen molar-refractivity contribution >= 4 is 0 Å². The van der Waals surface area contributed by atoms with E-state index in [4.69, 9.17) is 4.74 Å². The SMILES string of the molecule is CCC=COc1cccc(C(F)(F)F)c1. The highest BCUT2D eigenvalue weighted by molar-refractivity contribution is 5.30. The van der Waals surface area contributed by atoms with Gasteiger partial charge in [0.2, 0.25) is 0 Å². The Kier molecular flexibility index (Phi) is 3.77. The van der Waals surface area contributed by atoms with E-state index in [-0.39, 0.29) is 5.75 Å². The standard InChI is InChI=1S/C11H11F3O/c1-2-3-7-15-10-6-4-5-9(8-10)11(12,13)14/h3-8H,2H2,1H3. The lowest BCUT2D eigenvalue weighted by Crippen LogP contribution is -2.04. The van der Waals surface area contributed by atoms with E-state index in [1.54, 1.807) is 6.08 Å². The number of rotatable bonds is 3. The van der Waals surface area contributed by atoms with Gasteiger partial charge in [-0.15, -0.1) is 0 Å². The predicted molar refractivity (Wildman–Crippen MR) is 51.5 cm³/mol. The van der Waals surface area contributed by atoms with Gasteiger partial charge in [0.15, 0.2) is 0 Å². The van der Waals surface area contributed by atoms with Crippen molar-refractivity contribution in [3.8, 4) is 5.75 Å². The van der Waals surface area contributed by atoms with Gasteiger partial charge in [-0.1, -0.05) is 13.0 Å². The first-order chi connectivity index (χ1) is 7.04. The van der Waals surface area contributed by atoms with E-state index < -0.39 is 11.7 Å². The Balaban J connectivity index is 2.79. The first kappa shape index (κ1) is 11.6. The van der Waals surface area contributed by atoms with Crippen molar-refractivity contribution in [2.45, 2.75) is 19.5 Å². The summed E-state index contributed by atoms with van der Waals surface area (Å²) in [4.78, 5) is 0. The van der Waals surface area contributed by atoms with Crippen molar-refractivity contribution in [1.29, 1.82) is 0 Å². The van der Waals surface area contributed by atoms with Gasteiger partial charge in [0.05, 0.1) is 11.8 Å². The first-order valence-corrected chi connectivity index (χ1v) is 4.53. The topological polar surface area (TPSA) is 9.23 Å². The quantitative estimate of drug-likeness (QED) is 0.693. The second-order valence-corrected chi connectivity index (χ2v) is 2.92. The summed E-state index contributed by atoms with van der Waals surface area (Å²) in [7, 11) is 0. The Bertz CT molecular complexity index is 342. The fourth-order valence-electron chi connectivity index (χ4n) is 0.969. The molecule has 0 saturated heterocycles. The lowest BCUT2D eigenvalue weighted by Gasteiger charge is -2.07. The van der Waals surface area contributed by atoms with Crippen LogP contribution in [-0.4, -0.2) is 0 Å². The normalized spacial score (nSPS) is 12.0. The van der Waals surface area contributed by atoms with Crippen molar-refractivity contribution in [1.82, 2.24) is 0 Å². The molecule has 0 aliphatic heterocycles. The van der Waals surface area contributed by atoms with E-state index in [2.05, 4.69) is 0 Å². The average molecular weight is 216 g/mol. The average Bonchev–Trinajstić information content (AvgIpc) is 2.17. The van der Waals surface area contributed by atoms with Crippen LogP contribution < -0.4 is 4.74 Å². The predicted octanol–water partition coefficient (Wildman–Crippen LogP) is 4.01. The maximum absolute atomic E-state index is 12.3. The minimum Gasteiger partial charge on any atom is -0.465 e. The molecule has 0 bridgehead atoms. The number of halogens is 3.